The van der Waals surface area contributed by atoms with Crippen molar-refractivity contribution in [3.8, 4) is 0 Å². The Labute approximate surface area is 104 Å². The first-order chi connectivity index (χ1) is 7.65. The van der Waals surface area contributed by atoms with Crippen molar-refractivity contribution in [1.82, 2.24) is 0 Å². The summed E-state index contributed by atoms with van der Waals surface area (Å²) in [7, 11) is 0. The van der Waals surface area contributed by atoms with Gasteiger partial charge in [0.05, 0.1) is 0 Å². The standard InChI is InChI=1S/C14H22ClN/c1-3-11(4-2)9-14(16)10-12-5-7-13(15)8-6-12/h5-8,11,14H,3-4,9-10,16H2,1-2H3. The molecule has 1 unspecified atom stereocenters. The molecule has 0 aromatic heterocycles. The first kappa shape index (κ1) is 13.5. The van der Waals surface area contributed by atoms with Gasteiger partial charge in [-0.15, -0.1) is 0 Å². The minimum Gasteiger partial charge on any atom is -0.327 e. The predicted molar refractivity (Wildman–Crippen MR) is 71.8 cm³/mol. The van der Waals surface area contributed by atoms with Crippen molar-refractivity contribution < 1.29 is 0 Å². The minimum atomic E-state index is 0.270. The lowest BCUT2D eigenvalue weighted by Crippen LogP contribution is -2.25. The zero-order valence-electron chi connectivity index (χ0n) is 10.2. The zero-order chi connectivity index (χ0) is 12.0. The number of halogens is 1. The van der Waals surface area contributed by atoms with Crippen LogP contribution in [0.5, 0.6) is 0 Å². The highest BCUT2D eigenvalue weighted by Gasteiger charge is 2.10. The molecule has 0 fully saturated rings. The van der Waals surface area contributed by atoms with Gasteiger partial charge in [0.25, 0.3) is 0 Å². The average molecular weight is 240 g/mol. The molecule has 0 saturated heterocycles. The molecule has 0 amide bonds. The van der Waals surface area contributed by atoms with E-state index in [1.54, 1.807) is 0 Å². The van der Waals surface area contributed by atoms with Crippen LogP contribution in [0.15, 0.2) is 24.3 Å². The Hall–Kier alpha value is -0.530. The topological polar surface area (TPSA) is 26.0 Å². The molecule has 1 aromatic carbocycles. The van der Waals surface area contributed by atoms with Crippen LogP contribution in [0, 0.1) is 5.92 Å². The van der Waals surface area contributed by atoms with Gasteiger partial charge >= 0.3 is 0 Å². The third-order valence-corrected chi connectivity index (χ3v) is 3.45. The fourth-order valence-corrected chi connectivity index (χ4v) is 2.18. The fraction of sp³-hybridized carbons (Fsp3) is 0.571. The second-order valence-electron chi connectivity index (χ2n) is 4.51. The van der Waals surface area contributed by atoms with Gasteiger partial charge in [0.15, 0.2) is 0 Å². The molecule has 0 radical (unpaired) electrons. The highest BCUT2D eigenvalue weighted by molar-refractivity contribution is 6.30. The quantitative estimate of drug-likeness (QED) is 0.797. The minimum absolute atomic E-state index is 0.270. The predicted octanol–water partition coefficient (Wildman–Crippen LogP) is 4.04. The van der Waals surface area contributed by atoms with Crippen LogP contribution in [0.25, 0.3) is 0 Å². The Morgan fingerprint density at radius 3 is 2.19 bits per heavy atom. The molecule has 90 valence electrons. The molecule has 2 heteroatoms. The van der Waals surface area contributed by atoms with E-state index in [0.717, 1.165) is 23.8 Å². The van der Waals surface area contributed by atoms with E-state index in [1.807, 2.05) is 12.1 Å². The molecule has 0 aliphatic heterocycles. The van der Waals surface area contributed by atoms with Crippen LogP contribution in [0.4, 0.5) is 0 Å². The molecule has 1 atom stereocenters. The van der Waals surface area contributed by atoms with Crippen LogP contribution in [-0.4, -0.2) is 6.04 Å². The maximum atomic E-state index is 6.16. The van der Waals surface area contributed by atoms with Gasteiger partial charge in [-0.2, -0.15) is 0 Å². The number of nitrogens with two attached hydrogens (primary N) is 1. The van der Waals surface area contributed by atoms with Crippen molar-refractivity contribution in [2.75, 3.05) is 0 Å². The average Bonchev–Trinajstić information content (AvgIpc) is 2.29. The lowest BCUT2D eigenvalue weighted by atomic mass is 9.92. The van der Waals surface area contributed by atoms with Crippen molar-refractivity contribution in [3.63, 3.8) is 0 Å². The fourth-order valence-electron chi connectivity index (χ4n) is 2.06. The van der Waals surface area contributed by atoms with Gasteiger partial charge in [0, 0.05) is 11.1 Å². The van der Waals surface area contributed by atoms with Gasteiger partial charge in [-0.05, 0) is 36.5 Å². The molecule has 0 heterocycles. The molecule has 0 aliphatic carbocycles. The first-order valence-corrected chi connectivity index (χ1v) is 6.53. The van der Waals surface area contributed by atoms with Crippen LogP contribution in [0.3, 0.4) is 0 Å². The zero-order valence-corrected chi connectivity index (χ0v) is 11.0. The molecule has 16 heavy (non-hydrogen) atoms. The van der Waals surface area contributed by atoms with Gasteiger partial charge in [-0.1, -0.05) is 50.4 Å². The highest BCUT2D eigenvalue weighted by atomic mass is 35.5. The van der Waals surface area contributed by atoms with Crippen LogP contribution in [-0.2, 0) is 6.42 Å². The van der Waals surface area contributed by atoms with E-state index in [-0.39, 0.29) is 6.04 Å². The molecule has 0 aliphatic rings. The van der Waals surface area contributed by atoms with Gasteiger partial charge in [-0.25, -0.2) is 0 Å². The Bertz CT molecular complexity index is 290. The van der Waals surface area contributed by atoms with E-state index in [1.165, 1.54) is 18.4 Å². The highest BCUT2D eigenvalue weighted by Crippen LogP contribution is 2.17. The van der Waals surface area contributed by atoms with Gasteiger partial charge in [-0.3, -0.25) is 0 Å². The Morgan fingerprint density at radius 2 is 1.69 bits per heavy atom. The Morgan fingerprint density at radius 1 is 1.12 bits per heavy atom. The summed E-state index contributed by atoms with van der Waals surface area (Å²) in [6, 6.07) is 8.26. The molecule has 2 N–H and O–H groups in total. The summed E-state index contributed by atoms with van der Waals surface area (Å²) in [5, 5.41) is 0.789. The van der Waals surface area contributed by atoms with Gasteiger partial charge < -0.3 is 5.73 Å². The molecule has 1 rings (SSSR count). The van der Waals surface area contributed by atoms with Crippen molar-refractivity contribution in [3.05, 3.63) is 34.9 Å². The van der Waals surface area contributed by atoms with Gasteiger partial charge in [0.2, 0.25) is 0 Å². The summed E-state index contributed by atoms with van der Waals surface area (Å²) in [5.41, 5.74) is 7.44. The summed E-state index contributed by atoms with van der Waals surface area (Å²) in [6.07, 6.45) is 4.53. The van der Waals surface area contributed by atoms with Crippen molar-refractivity contribution >= 4 is 11.6 Å². The largest absolute Gasteiger partial charge is 0.327 e. The maximum Gasteiger partial charge on any atom is 0.0406 e. The third-order valence-electron chi connectivity index (χ3n) is 3.20. The number of hydrogen-bond donors (Lipinski definition) is 1. The summed E-state index contributed by atoms with van der Waals surface area (Å²) in [5.74, 6) is 0.766. The summed E-state index contributed by atoms with van der Waals surface area (Å²) in [6.45, 7) is 4.48. The lowest BCUT2D eigenvalue weighted by molar-refractivity contribution is 0.407. The van der Waals surface area contributed by atoms with E-state index in [0.29, 0.717) is 0 Å². The van der Waals surface area contributed by atoms with E-state index >= 15 is 0 Å². The molecule has 0 saturated carbocycles. The van der Waals surface area contributed by atoms with E-state index < -0.39 is 0 Å². The third kappa shape index (κ3) is 4.54. The monoisotopic (exact) mass is 239 g/mol. The first-order valence-electron chi connectivity index (χ1n) is 6.15. The molecule has 0 spiro atoms. The number of rotatable bonds is 6. The maximum absolute atomic E-state index is 6.16. The summed E-state index contributed by atoms with van der Waals surface area (Å²) in [4.78, 5) is 0. The molecular formula is C14H22ClN. The van der Waals surface area contributed by atoms with E-state index in [2.05, 4.69) is 26.0 Å². The number of hydrogen-bond acceptors (Lipinski definition) is 1. The Balaban J connectivity index is 2.44. The van der Waals surface area contributed by atoms with Gasteiger partial charge in [0.1, 0.15) is 0 Å². The summed E-state index contributed by atoms with van der Waals surface area (Å²) < 4.78 is 0. The van der Waals surface area contributed by atoms with Crippen LogP contribution in [0.1, 0.15) is 38.7 Å². The molecule has 1 nitrogen and oxygen atoms in total. The molecule has 0 bridgehead atoms. The van der Waals surface area contributed by atoms with Crippen LogP contribution < -0.4 is 5.73 Å². The van der Waals surface area contributed by atoms with Crippen molar-refractivity contribution in [2.24, 2.45) is 11.7 Å². The smallest absolute Gasteiger partial charge is 0.0406 e. The summed E-state index contributed by atoms with van der Waals surface area (Å²) >= 11 is 5.85. The Kier molecular flexibility index (Phi) is 5.86. The second kappa shape index (κ2) is 6.93. The van der Waals surface area contributed by atoms with E-state index in [9.17, 15) is 0 Å². The van der Waals surface area contributed by atoms with Crippen LogP contribution >= 0.6 is 11.6 Å². The molecule has 1 aromatic rings. The SMILES string of the molecule is CCC(CC)CC(N)Cc1ccc(Cl)cc1. The van der Waals surface area contributed by atoms with Crippen LogP contribution in [0.2, 0.25) is 5.02 Å². The van der Waals surface area contributed by atoms with E-state index in [4.69, 9.17) is 17.3 Å². The molecular weight excluding hydrogens is 218 g/mol. The van der Waals surface area contributed by atoms with Crippen molar-refractivity contribution in [1.29, 1.82) is 0 Å². The second-order valence-corrected chi connectivity index (χ2v) is 4.95. The lowest BCUT2D eigenvalue weighted by Gasteiger charge is -2.18. The normalized spacial score (nSPS) is 13.1. The number of benzene rings is 1. The van der Waals surface area contributed by atoms with Crippen molar-refractivity contribution in [2.45, 2.75) is 45.6 Å².